The molecule has 2 rings (SSSR count). The summed E-state index contributed by atoms with van der Waals surface area (Å²) in [7, 11) is 0. The van der Waals surface area contributed by atoms with E-state index in [2.05, 4.69) is 10.6 Å². The summed E-state index contributed by atoms with van der Waals surface area (Å²) in [6.07, 6.45) is 0.497. The van der Waals surface area contributed by atoms with E-state index < -0.39 is 18.0 Å². The molecule has 1 aliphatic heterocycles. The summed E-state index contributed by atoms with van der Waals surface area (Å²) in [6.45, 7) is 1.64. The second-order valence-electron chi connectivity index (χ2n) is 5.27. The first-order valence-corrected chi connectivity index (χ1v) is 7.83. The number of benzene rings is 1. The summed E-state index contributed by atoms with van der Waals surface area (Å²) in [5, 5.41) is 4.91. The van der Waals surface area contributed by atoms with Gasteiger partial charge < -0.3 is 20.1 Å². The number of ether oxygens (including phenoxy) is 2. The first-order valence-electron chi connectivity index (χ1n) is 7.83. The fourth-order valence-corrected chi connectivity index (χ4v) is 2.19. The zero-order valence-electron chi connectivity index (χ0n) is 13.8. The number of hydrogen-bond acceptors (Lipinski definition) is 5. The van der Waals surface area contributed by atoms with E-state index in [0.29, 0.717) is 6.42 Å². The minimum atomic E-state index is -0.577. The molecule has 1 aromatic carbocycles. The maximum atomic E-state index is 12.8. The van der Waals surface area contributed by atoms with Crippen molar-refractivity contribution in [3.05, 3.63) is 46.9 Å². The first-order chi connectivity index (χ1) is 12.0. The van der Waals surface area contributed by atoms with Gasteiger partial charge in [-0.15, -0.1) is 0 Å². The van der Waals surface area contributed by atoms with Gasteiger partial charge in [0.15, 0.2) is 0 Å². The molecule has 0 radical (unpaired) electrons. The van der Waals surface area contributed by atoms with Crippen molar-refractivity contribution >= 4 is 18.0 Å². The second-order valence-corrected chi connectivity index (χ2v) is 5.27. The third-order valence-corrected chi connectivity index (χ3v) is 3.48. The minimum absolute atomic E-state index is 0.00707. The number of amides is 2. The Bertz CT molecular complexity index is 685. The molecule has 1 heterocycles. The number of aryl methyl sites for hydroxylation is 1. The Morgan fingerprint density at radius 3 is 2.60 bits per heavy atom. The van der Waals surface area contributed by atoms with Crippen LogP contribution in [0.1, 0.15) is 18.9 Å². The number of rotatable bonds is 7. The molecule has 1 aliphatic rings. The van der Waals surface area contributed by atoms with E-state index in [4.69, 9.17) is 9.47 Å². The topological polar surface area (TPSA) is 93.7 Å². The van der Waals surface area contributed by atoms with Gasteiger partial charge in [0.1, 0.15) is 12.4 Å². The van der Waals surface area contributed by atoms with E-state index in [1.165, 1.54) is 12.1 Å². The van der Waals surface area contributed by atoms with Gasteiger partial charge in [-0.3, -0.25) is 4.79 Å². The highest BCUT2D eigenvalue weighted by Crippen LogP contribution is 2.10. The van der Waals surface area contributed by atoms with Gasteiger partial charge in [0.2, 0.25) is 0 Å². The standard InChI is InChI=1S/C17H19FN2O5/c1-2-24-16(22)13-9-19-17(23)20-14(13)10-25-15(21)8-5-11-3-6-12(18)7-4-11/h3-4,6-7H,2,5,8-10H2,1H3,(H2,19,20,23). The van der Waals surface area contributed by atoms with Gasteiger partial charge in [-0.2, -0.15) is 0 Å². The second kappa shape index (κ2) is 8.81. The Morgan fingerprint density at radius 2 is 1.92 bits per heavy atom. The summed E-state index contributed by atoms with van der Waals surface area (Å²) in [6, 6.07) is 5.35. The molecule has 0 aliphatic carbocycles. The summed E-state index contributed by atoms with van der Waals surface area (Å²) in [5.74, 6) is -1.41. The van der Waals surface area contributed by atoms with Crippen LogP contribution in [0.15, 0.2) is 35.5 Å². The van der Waals surface area contributed by atoms with E-state index in [9.17, 15) is 18.8 Å². The van der Waals surface area contributed by atoms with Crippen molar-refractivity contribution in [3.63, 3.8) is 0 Å². The Balaban J connectivity index is 1.90. The summed E-state index contributed by atoms with van der Waals surface area (Å²) in [5.41, 5.74) is 1.23. The minimum Gasteiger partial charge on any atom is -0.463 e. The van der Waals surface area contributed by atoms with Crippen LogP contribution in [0.2, 0.25) is 0 Å². The monoisotopic (exact) mass is 350 g/mol. The highest BCUT2D eigenvalue weighted by molar-refractivity contribution is 5.93. The lowest BCUT2D eigenvalue weighted by Crippen LogP contribution is -2.45. The fourth-order valence-electron chi connectivity index (χ4n) is 2.19. The van der Waals surface area contributed by atoms with Crippen LogP contribution in [0.3, 0.4) is 0 Å². The fraction of sp³-hybridized carbons (Fsp3) is 0.353. The molecule has 0 saturated carbocycles. The molecule has 2 amide bonds. The largest absolute Gasteiger partial charge is 0.463 e. The molecule has 134 valence electrons. The zero-order valence-corrected chi connectivity index (χ0v) is 13.8. The van der Waals surface area contributed by atoms with Crippen LogP contribution < -0.4 is 10.6 Å². The molecule has 2 N–H and O–H groups in total. The Kier molecular flexibility index (Phi) is 6.50. The number of hydrogen-bond donors (Lipinski definition) is 2. The number of nitrogens with one attached hydrogen (secondary N) is 2. The van der Waals surface area contributed by atoms with Gasteiger partial charge in [-0.05, 0) is 31.0 Å². The van der Waals surface area contributed by atoms with Crippen molar-refractivity contribution in [2.75, 3.05) is 19.8 Å². The molecule has 1 aromatic rings. The Hall–Kier alpha value is -2.90. The highest BCUT2D eigenvalue weighted by atomic mass is 19.1. The number of carbonyl (C=O) groups excluding carboxylic acids is 3. The average molecular weight is 350 g/mol. The normalized spacial score (nSPS) is 13.8. The van der Waals surface area contributed by atoms with Gasteiger partial charge in [0, 0.05) is 6.42 Å². The van der Waals surface area contributed by atoms with Gasteiger partial charge in [0.05, 0.1) is 24.4 Å². The lowest BCUT2D eigenvalue weighted by Gasteiger charge is -2.21. The van der Waals surface area contributed by atoms with Crippen LogP contribution in [-0.2, 0) is 25.5 Å². The van der Waals surface area contributed by atoms with Crippen LogP contribution in [0.25, 0.3) is 0 Å². The van der Waals surface area contributed by atoms with Crippen molar-refractivity contribution in [2.45, 2.75) is 19.8 Å². The molecule has 7 nitrogen and oxygen atoms in total. The Morgan fingerprint density at radius 1 is 1.20 bits per heavy atom. The molecule has 0 fully saturated rings. The number of carbonyl (C=O) groups is 3. The van der Waals surface area contributed by atoms with Gasteiger partial charge in [-0.1, -0.05) is 12.1 Å². The van der Waals surface area contributed by atoms with Crippen molar-refractivity contribution in [2.24, 2.45) is 0 Å². The maximum absolute atomic E-state index is 12.8. The molecule has 0 aromatic heterocycles. The molecule has 0 saturated heterocycles. The molecule has 0 atom stereocenters. The third-order valence-electron chi connectivity index (χ3n) is 3.48. The SMILES string of the molecule is CCOC(=O)C1=C(COC(=O)CCc2ccc(F)cc2)NC(=O)NC1. The van der Waals surface area contributed by atoms with Crippen molar-refractivity contribution < 1.29 is 28.2 Å². The molecule has 0 unspecified atom stereocenters. The zero-order chi connectivity index (χ0) is 18.2. The summed E-state index contributed by atoms with van der Waals surface area (Å²) < 4.78 is 22.8. The third kappa shape index (κ3) is 5.59. The van der Waals surface area contributed by atoms with E-state index in [-0.39, 0.29) is 43.3 Å². The van der Waals surface area contributed by atoms with Crippen molar-refractivity contribution in [3.8, 4) is 0 Å². The van der Waals surface area contributed by atoms with E-state index in [0.717, 1.165) is 5.56 Å². The van der Waals surface area contributed by atoms with Gasteiger partial charge in [-0.25, -0.2) is 14.0 Å². The summed E-state index contributed by atoms with van der Waals surface area (Å²) >= 11 is 0. The quantitative estimate of drug-likeness (QED) is 0.726. The lowest BCUT2D eigenvalue weighted by atomic mass is 10.1. The predicted octanol–water partition coefficient (Wildman–Crippen LogP) is 1.43. The lowest BCUT2D eigenvalue weighted by molar-refractivity contribution is -0.143. The molecule has 0 spiro atoms. The van der Waals surface area contributed by atoms with Crippen molar-refractivity contribution in [1.29, 1.82) is 0 Å². The van der Waals surface area contributed by atoms with Gasteiger partial charge in [0.25, 0.3) is 0 Å². The molecular weight excluding hydrogens is 331 g/mol. The molecule has 25 heavy (non-hydrogen) atoms. The number of esters is 2. The van der Waals surface area contributed by atoms with E-state index >= 15 is 0 Å². The van der Waals surface area contributed by atoms with Crippen LogP contribution >= 0.6 is 0 Å². The Labute approximate surface area is 144 Å². The summed E-state index contributed by atoms with van der Waals surface area (Å²) in [4.78, 5) is 35.1. The average Bonchev–Trinajstić information content (AvgIpc) is 2.59. The number of urea groups is 1. The first kappa shape index (κ1) is 18.4. The van der Waals surface area contributed by atoms with Gasteiger partial charge >= 0.3 is 18.0 Å². The highest BCUT2D eigenvalue weighted by Gasteiger charge is 2.24. The van der Waals surface area contributed by atoms with Crippen molar-refractivity contribution in [1.82, 2.24) is 10.6 Å². The predicted molar refractivity (Wildman–Crippen MR) is 85.9 cm³/mol. The van der Waals surface area contributed by atoms with Crippen LogP contribution in [-0.4, -0.2) is 37.7 Å². The molecule has 0 bridgehead atoms. The smallest absolute Gasteiger partial charge is 0.337 e. The van der Waals surface area contributed by atoms with Crippen LogP contribution in [0.4, 0.5) is 9.18 Å². The van der Waals surface area contributed by atoms with E-state index in [1.807, 2.05) is 0 Å². The van der Waals surface area contributed by atoms with Crippen LogP contribution in [0, 0.1) is 5.82 Å². The molecule has 8 heteroatoms. The maximum Gasteiger partial charge on any atom is 0.337 e. The molecular formula is C17H19FN2O5. The number of halogens is 1. The van der Waals surface area contributed by atoms with Crippen LogP contribution in [0.5, 0.6) is 0 Å². The van der Waals surface area contributed by atoms with E-state index in [1.54, 1.807) is 19.1 Å².